The standard InChI is InChI=1S/C23H22FN5O2/c24-22-15-25-11-10-19(22)6-9-23-27-20(17-31-23)16-30-21-7-4-18(5-8-21)3-1-2-13-29-14-12-26-28-29/h4-12,14-15,17H,1-3,13,16H2. The van der Waals surface area contributed by atoms with Crippen molar-refractivity contribution in [2.45, 2.75) is 32.4 Å². The molecule has 0 atom stereocenters. The number of oxazole rings is 1. The Kier molecular flexibility index (Phi) is 6.79. The average molecular weight is 419 g/mol. The number of unbranched alkanes of at least 4 members (excludes halogenated alkanes) is 1. The maximum absolute atomic E-state index is 13.6. The van der Waals surface area contributed by atoms with E-state index >= 15 is 0 Å². The number of rotatable bonds is 10. The second kappa shape index (κ2) is 10.3. The van der Waals surface area contributed by atoms with Crippen LogP contribution in [-0.4, -0.2) is 25.0 Å². The normalized spacial score (nSPS) is 11.3. The van der Waals surface area contributed by atoms with Gasteiger partial charge < -0.3 is 9.15 Å². The maximum atomic E-state index is 13.6. The fourth-order valence-corrected chi connectivity index (χ4v) is 3.01. The Bertz CT molecular complexity index is 1110. The van der Waals surface area contributed by atoms with Gasteiger partial charge >= 0.3 is 0 Å². The van der Waals surface area contributed by atoms with Gasteiger partial charge in [-0.1, -0.05) is 17.3 Å². The van der Waals surface area contributed by atoms with Crippen molar-refractivity contribution in [3.8, 4) is 5.75 Å². The first-order valence-electron chi connectivity index (χ1n) is 10.0. The number of hydrogen-bond donors (Lipinski definition) is 0. The first-order chi connectivity index (χ1) is 15.3. The van der Waals surface area contributed by atoms with Crippen LogP contribution < -0.4 is 4.74 Å². The van der Waals surface area contributed by atoms with Gasteiger partial charge in [-0.15, -0.1) is 5.10 Å². The number of aromatic nitrogens is 5. The molecule has 0 spiro atoms. The van der Waals surface area contributed by atoms with E-state index in [1.165, 1.54) is 24.2 Å². The Morgan fingerprint density at radius 3 is 2.77 bits per heavy atom. The van der Waals surface area contributed by atoms with Gasteiger partial charge in [-0.25, -0.2) is 9.37 Å². The molecule has 31 heavy (non-hydrogen) atoms. The summed E-state index contributed by atoms with van der Waals surface area (Å²) in [5.74, 6) is 0.758. The predicted molar refractivity (Wildman–Crippen MR) is 113 cm³/mol. The lowest BCUT2D eigenvalue weighted by Gasteiger charge is -2.06. The van der Waals surface area contributed by atoms with E-state index in [9.17, 15) is 4.39 Å². The van der Waals surface area contributed by atoms with Crippen molar-refractivity contribution in [3.63, 3.8) is 0 Å². The number of benzene rings is 1. The van der Waals surface area contributed by atoms with Crippen molar-refractivity contribution in [3.05, 3.63) is 89.9 Å². The van der Waals surface area contributed by atoms with Crippen LogP contribution in [0, 0.1) is 5.82 Å². The van der Waals surface area contributed by atoms with Crippen LogP contribution in [0.15, 0.2) is 65.8 Å². The largest absolute Gasteiger partial charge is 0.487 e. The molecular formula is C23H22FN5O2. The molecule has 4 rings (SSSR count). The number of ether oxygens (including phenoxy) is 1. The molecular weight excluding hydrogens is 397 g/mol. The first-order valence-corrected chi connectivity index (χ1v) is 10.0. The molecule has 0 N–H and O–H groups in total. The number of aryl methyl sites for hydroxylation is 2. The molecule has 0 radical (unpaired) electrons. The summed E-state index contributed by atoms with van der Waals surface area (Å²) < 4.78 is 26.6. The zero-order chi connectivity index (χ0) is 21.3. The van der Waals surface area contributed by atoms with Crippen LogP contribution in [0.2, 0.25) is 0 Å². The van der Waals surface area contributed by atoms with E-state index < -0.39 is 5.82 Å². The van der Waals surface area contributed by atoms with Crippen LogP contribution >= 0.6 is 0 Å². The quantitative estimate of drug-likeness (QED) is 0.350. The SMILES string of the molecule is Fc1cnccc1C=Cc1nc(COc2ccc(CCCCn3ccnn3)cc2)co1. The highest BCUT2D eigenvalue weighted by atomic mass is 19.1. The summed E-state index contributed by atoms with van der Waals surface area (Å²) in [6.07, 6.45) is 14.1. The number of pyridine rings is 1. The predicted octanol–water partition coefficient (Wildman–Crippen LogP) is 4.57. The zero-order valence-corrected chi connectivity index (χ0v) is 16.9. The molecule has 0 aliphatic carbocycles. The van der Waals surface area contributed by atoms with Gasteiger partial charge in [0.15, 0.2) is 0 Å². The Morgan fingerprint density at radius 2 is 1.97 bits per heavy atom. The third kappa shape index (κ3) is 6.08. The van der Waals surface area contributed by atoms with Gasteiger partial charge in [0.1, 0.15) is 30.1 Å². The molecule has 1 aromatic carbocycles. The van der Waals surface area contributed by atoms with Crippen LogP contribution in [0.3, 0.4) is 0 Å². The third-order valence-electron chi connectivity index (χ3n) is 4.66. The first kappa shape index (κ1) is 20.5. The third-order valence-corrected chi connectivity index (χ3v) is 4.66. The Morgan fingerprint density at radius 1 is 1.06 bits per heavy atom. The van der Waals surface area contributed by atoms with Crippen LogP contribution in [0.4, 0.5) is 4.39 Å². The summed E-state index contributed by atoms with van der Waals surface area (Å²) in [6, 6.07) is 9.65. The summed E-state index contributed by atoms with van der Waals surface area (Å²) in [5.41, 5.74) is 2.35. The van der Waals surface area contributed by atoms with Gasteiger partial charge in [-0.3, -0.25) is 9.67 Å². The molecule has 8 heteroatoms. The summed E-state index contributed by atoms with van der Waals surface area (Å²) in [7, 11) is 0. The molecule has 3 heterocycles. The molecule has 0 aliphatic heterocycles. The van der Waals surface area contributed by atoms with Crippen LogP contribution in [-0.2, 0) is 19.6 Å². The summed E-state index contributed by atoms with van der Waals surface area (Å²) in [4.78, 5) is 8.05. The monoisotopic (exact) mass is 419 g/mol. The van der Waals surface area contributed by atoms with E-state index in [2.05, 4.69) is 32.4 Å². The van der Waals surface area contributed by atoms with E-state index in [-0.39, 0.29) is 6.61 Å². The molecule has 7 nitrogen and oxygen atoms in total. The van der Waals surface area contributed by atoms with Crippen molar-refractivity contribution >= 4 is 12.2 Å². The Labute approximate surface area is 179 Å². The molecule has 0 fully saturated rings. The molecule has 0 aliphatic rings. The highest BCUT2D eigenvalue weighted by Crippen LogP contribution is 2.16. The molecule has 0 bridgehead atoms. The fourth-order valence-electron chi connectivity index (χ4n) is 3.01. The van der Waals surface area contributed by atoms with Crippen molar-refractivity contribution in [1.29, 1.82) is 0 Å². The lowest BCUT2D eigenvalue weighted by molar-refractivity contribution is 0.301. The van der Waals surface area contributed by atoms with Crippen molar-refractivity contribution < 1.29 is 13.5 Å². The van der Waals surface area contributed by atoms with E-state index in [0.717, 1.165) is 31.6 Å². The number of halogens is 1. The van der Waals surface area contributed by atoms with Crippen molar-refractivity contribution in [2.24, 2.45) is 0 Å². The van der Waals surface area contributed by atoms with Crippen molar-refractivity contribution in [2.75, 3.05) is 0 Å². The van der Waals surface area contributed by atoms with Crippen LogP contribution in [0.1, 0.15) is 35.6 Å². The maximum Gasteiger partial charge on any atom is 0.218 e. The molecule has 0 saturated carbocycles. The number of nitrogens with zero attached hydrogens (tertiary/aromatic N) is 5. The minimum Gasteiger partial charge on any atom is -0.487 e. The fraction of sp³-hybridized carbons (Fsp3) is 0.217. The average Bonchev–Trinajstić information content (AvgIpc) is 3.48. The van der Waals surface area contributed by atoms with E-state index in [0.29, 0.717) is 17.1 Å². The lowest BCUT2D eigenvalue weighted by atomic mass is 10.1. The van der Waals surface area contributed by atoms with Crippen molar-refractivity contribution in [1.82, 2.24) is 25.0 Å². The van der Waals surface area contributed by atoms with Gasteiger partial charge in [0.2, 0.25) is 5.89 Å². The van der Waals surface area contributed by atoms with Gasteiger partial charge in [0.05, 0.1) is 12.4 Å². The molecule has 4 aromatic rings. The van der Waals surface area contributed by atoms with Gasteiger partial charge in [0.25, 0.3) is 0 Å². The molecule has 0 amide bonds. The van der Waals surface area contributed by atoms with Gasteiger partial charge in [0, 0.05) is 30.6 Å². The Balaban J connectivity index is 1.22. The molecule has 0 unspecified atom stereocenters. The summed E-state index contributed by atoms with van der Waals surface area (Å²) in [5, 5.41) is 7.77. The topological polar surface area (TPSA) is 78.9 Å². The minimum absolute atomic E-state index is 0.290. The van der Waals surface area contributed by atoms with E-state index in [1.54, 1.807) is 24.4 Å². The zero-order valence-electron chi connectivity index (χ0n) is 16.9. The highest BCUT2D eigenvalue weighted by molar-refractivity contribution is 5.65. The molecule has 0 saturated heterocycles. The van der Waals surface area contributed by atoms with Gasteiger partial charge in [-0.2, -0.15) is 0 Å². The van der Waals surface area contributed by atoms with Crippen LogP contribution in [0.5, 0.6) is 5.75 Å². The molecule has 3 aromatic heterocycles. The Hall–Kier alpha value is -3.81. The minimum atomic E-state index is -0.396. The highest BCUT2D eigenvalue weighted by Gasteiger charge is 2.04. The van der Waals surface area contributed by atoms with Gasteiger partial charge in [-0.05, 0) is 49.1 Å². The second-order valence-electron chi connectivity index (χ2n) is 6.96. The number of hydrogen-bond acceptors (Lipinski definition) is 6. The molecule has 158 valence electrons. The second-order valence-corrected chi connectivity index (χ2v) is 6.96. The summed E-state index contributed by atoms with van der Waals surface area (Å²) in [6.45, 7) is 1.17. The van der Waals surface area contributed by atoms with E-state index in [1.807, 2.05) is 23.0 Å². The van der Waals surface area contributed by atoms with E-state index in [4.69, 9.17) is 9.15 Å². The smallest absolute Gasteiger partial charge is 0.218 e. The summed E-state index contributed by atoms with van der Waals surface area (Å²) >= 11 is 0. The lowest BCUT2D eigenvalue weighted by Crippen LogP contribution is -1.99. The van der Waals surface area contributed by atoms with Crippen LogP contribution in [0.25, 0.3) is 12.2 Å².